The third-order valence-electron chi connectivity index (χ3n) is 4.41. The Bertz CT molecular complexity index is 805. The van der Waals surface area contributed by atoms with Crippen LogP contribution in [0, 0.1) is 0 Å². The quantitative estimate of drug-likeness (QED) is 0.453. The Morgan fingerprint density at radius 3 is 2.88 bits per heavy atom. The van der Waals surface area contributed by atoms with E-state index in [4.69, 9.17) is 39.9 Å². The van der Waals surface area contributed by atoms with Crippen LogP contribution in [-0.4, -0.2) is 39.7 Å². The van der Waals surface area contributed by atoms with Gasteiger partial charge in [-0.05, 0) is 25.6 Å². The molecule has 1 amide bonds. The van der Waals surface area contributed by atoms with Crippen LogP contribution in [0.5, 0.6) is 0 Å². The van der Waals surface area contributed by atoms with Gasteiger partial charge in [0.05, 0.1) is 5.69 Å². The maximum atomic E-state index is 11.2. The molecule has 0 aromatic carbocycles. The number of halogens is 3. The van der Waals surface area contributed by atoms with E-state index >= 15 is 0 Å². The van der Waals surface area contributed by atoms with Crippen LogP contribution in [-0.2, 0) is 5.00 Å². The highest BCUT2D eigenvalue weighted by Gasteiger charge is 2.49. The summed E-state index contributed by atoms with van der Waals surface area (Å²) in [5, 5.41) is 11.7. The maximum absolute atomic E-state index is 11.2. The highest BCUT2D eigenvalue weighted by Crippen LogP contribution is 2.54. The summed E-state index contributed by atoms with van der Waals surface area (Å²) in [5.41, 5.74) is 1.61. The topological polar surface area (TPSA) is 78.4 Å². The highest BCUT2D eigenvalue weighted by molar-refractivity contribution is 6.34. The van der Waals surface area contributed by atoms with Crippen molar-refractivity contribution in [2.45, 2.75) is 17.3 Å². The van der Waals surface area contributed by atoms with Crippen molar-refractivity contribution in [3.8, 4) is 0 Å². The first kappa shape index (κ1) is 18.2. The second-order valence-electron chi connectivity index (χ2n) is 5.81. The smallest absolute Gasteiger partial charge is 0.409 e. The molecule has 0 bridgehead atoms. The number of nitrogens with zero attached hydrogens (tertiary/aromatic N) is 3. The molecule has 3 rings (SSSR count). The second-order valence-corrected chi connectivity index (χ2v) is 7.13. The van der Waals surface area contributed by atoms with Gasteiger partial charge >= 0.3 is 6.09 Å². The number of alkyl halides is 1. The zero-order chi connectivity index (χ0) is 18.2. The van der Waals surface area contributed by atoms with Crippen LogP contribution in [0.3, 0.4) is 0 Å². The number of likely N-dealkylation sites (tertiary alicyclic amines) is 1. The fourth-order valence-corrected chi connectivity index (χ4v) is 4.29. The molecule has 0 aliphatic carbocycles. The van der Waals surface area contributed by atoms with Crippen molar-refractivity contribution in [1.82, 2.24) is 14.9 Å². The number of likely N-dealkylation sites (N-methyl/N-ethyl adjacent to an activating group) is 1. The van der Waals surface area contributed by atoms with Gasteiger partial charge in [-0.15, -0.1) is 0 Å². The van der Waals surface area contributed by atoms with Crippen molar-refractivity contribution in [2.75, 3.05) is 18.9 Å². The van der Waals surface area contributed by atoms with Crippen LogP contribution in [0.1, 0.15) is 23.5 Å². The molecule has 132 valence electrons. The van der Waals surface area contributed by atoms with Crippen LogP contribution in [0.25, 0.3) is 0 Å². The monoisotopic (exact) mass is 400 g/mol. The van der Waals surface area contributed by atoms with Gasteiger partial charge in [-0.1, -0.05) is 40.9 Å². The molecule has 25 heavy (non-hydrogen) atoms. The fraction of sp³-hybridized carbons (Fsp3) is 0.312. The Hall–Kier alpha value is -1.60. The minimum absolute atomic E-state index is 0.102. The van der Waals surface area contributed by atoms with E-state index in [0.29, 0.717) is 18.5 Å². The van der Waals surface area contributed by atoms with Crippen molar-refractivity contribution < 1.29 is 9.90 Å². The zero-order valence-corrected chi connectivity index (χ0v) is 15.5. The van der Waals surface area contributed by atoms with Crippen LogP contribution in [0.15, 0.2) is 30.6 Å². The van der Waals surface area contributed by atoms with Crippen molar-refractivity contribution in [2.24, 2.45) is 0 Å². The predicted octanol–water partition coefficient (Wildman–Crippen LogP) is 4.38. The number of nitrogens with one attached hydrogen (secondary N) is 1. The largest absolute Gasteiger partial charge is 0.465 e. The SMILES string of the molecule is CN1CCC(c2c(NC(=O)O)cc(Cl)nc2Cl)[C@@]1(Cl)c1cccnc1. The number of rotatable bonds is 3. The molecule has 1 saturated heterocycles. The molecule has 2 aromatic rings. The zero-order valence-electron chi connectivity index (χ0n) is 13.2. The molecule has 1 aliphatic rings. The summed E-state index contributed by atoms with van der Waals surface area (Å²) >= 11 is 19.3. The lowest BCUT2D eigenvalue weighted by Crippen LogP contribution is -2.37. The Morgan fingerprint density at radius 2 is 2.24 bits per heavy atom. The number of aromatic nitrogens is 2. The fourth-order valence-electron chi connectivity index (χ4n) is 3.31. The molecule has 0 saturated carbocycles. The summed E-state index contributed by atoms with van der Waals surface area (Å²) in [4.78, 5) is 20.5. The molecule has 1 unspecified atom stereocenters. The lowest BCUT2D eigenvalue weighted by molar-refractivity contribution is 0.209. The summed E-state index contributed by atoms with van der Waals surface area (Å²) in [5.74, 6) is -0.303. The number of hydrogen-bond donors (Lipinski definition) is 2. The first-order valence-electron chi connectivity index (χ1n) is 7.50. The maximum Gasteiger partial charge on any atom is 0.409 e. The molecule has 6 nitrogen and oxygen atoms in total. The average Bonchev–Trinajstić information content (AvgIpc) is 2.84. The van der Waals surface area contributed by atoms with Crippen LogP contribution < -0.4 is 5.32 Å². The van der Waals surface area contributed by atoms with Crippen LogP contribution in [0.2, 0.25) is 10.3 Å². The number of anilines is 1. The number of pyridine rings is 2. The van der Waals surface area contributed by atoms with Gasteiger partial charge in [0, 0.05) is 36.0 Å². The summed E-state index contributed by atoms with van der Waals surface area (Å²) in [6, 6.07) is 5.13. The van der Waals surface area contributed by atoms with Gasteiger partial charge < -0.3 is 5.11 Å². The Kier molecular flexibility index (Phi) is 5.06. The van der Waals surface area contributed by atoms with Gasteiger partial charge in [-0.25, -0.2) is 9.78 Å². The average molecular weight is 402 g/mol. The number of carbonyl (C=O) groups is 1. The first-order chi connectivity index (χ1) is 11.8. The number of carboxylic acid groups (broad SMARTS) is 1. The summed E-state index contributed by atoms with van der Waals surface area (Å²) in [6.07, 6.45) is 2.82. The molecule has 2 aromatic heterocycles. The Balaban J connectivity index is 2.16. The first-order valence-corrected chi connectivity index (χ1v) is 8.64. The van der Waals surface area contributed by atoms with Crippen molar-refractivity contribution >= 4 is 46.6 Å². The van der Waals surface area contributed by atoms with Crippen molar-refractivity contribution in [3.63, 3.8) is 0 Å². The summed E-state index contributed by atoms with van der Waals surface area (Å²) in [6.45, 7) is 0.703. The van der Waals surface area contributed by atoms with E-state index in [2.05, 4.69) is 15.3 Å². The second kappa shape index (κ2) is 6.96. The van der Waals surface area contributed by atoms with Crippen LogP contribution in [0.4, 0.5) is 10.5 Å². The normalized spacial score (nSPS) is 23.6. The predicted molar refractivity (Wildman–Crippen MR) is 97.7 cm³/mol. The number of hydrogen-bond acceptors (Lipinski definition) is 4. The van der Waals surface area contributed by atoms with Gasteiger partial charge in [0.1, 0.15) is 15.3 Å². The van der Waals surface area contributed by atoms with Gasteiger partial charge in [0.2, 0.25) is 0 Å². The molecule has 0 radical (unpaired) electrons. The molecule has 9 heteroatoms. The summed E-state index contributed by atoms with van der Waals surface area (Å²) < 4.78 is 0. The van der Waals surface area contributed by atoms with Gasteiger partial charge in [-0.3, -0.25) is 15.2 Å². The van der Waals surface area contributed by atoms with E-state index in [0.717, 1.165) is 5.56 Å². The molecule has 0 spiro atoms. The van der Waals surface area contributed by atoms with Gasteiger partial charge in [-0.2, -0.15) is 0 Å². The summed E-state index contributed by atoms with van der Waals surface area (Å²) in [7, 11) is 1.90. The van der Waals surface area contributed by atoms with E-state index in [9.17, 15) is 4.79 Å². The highest BCUT2D eigenvalue weighted by atomic mass is 35.5. The van der Waals surface area contributed by atoms with Crippen LogP contribution >= 0.6 is 34.8 Å². The molecule has 1 aliphatic heterocycles. The minimum atomic E-state index is -1.22. The van der Waals surface area contributed by atoms with E-state index < -0.39 is 11.1 Å². The molecule has 2 atom stereocenters. The molecular formula is C16H15Cl3N4O2. The molecule has 1 fully saturated rings. The minimum Gasteiger partial charge on any atom is -0.465 e. The van der Waals surface area contributed by atoms with E-state index in [-0.39, 0.29) is 21.9 Å². The van der Waals surface area contributed by atoms with E-state index in [1.165, 1.54) is 6.07 Å². The van der Waals surface area contributed by atoms with E-state index in [1.54, 1.807) is 18.5 Å². The standard InChI is InChI=1S/C16H15Cl3N4O2/c1-23-6-4-10(16(23,19)9-3-2-5-20-8-9)13-11(21-15(24)25)7-12(17)22-14(13)18/h2-3,5,7-8,10H,4,6H2,1H3,(H,21,22)(H,24,25)/t10?,16-/m1/s1. The molecule has 2 N–H and O–H groups in total. The lowest BCUT2D eigenvalue weighted by Gasteiger charge is -2.36. The van der Waals surface area contributed by atoms with Crippen molar-refractivity contribution in [1.29, 1.82) is 0 Å². The molecular weight excluding hydrogens is 387 g/mol. The number of amides is 1. The Morgan fingerprint density at radius 1 is 1.48 bits per heavy atom. The van der Waals surface area contributed by atoms with Gasteiger partial charge in [0.15, 0.2) is 0 Å². The third kappa shape index (κ3) is 3.27. The molecule has 3 heterocycles. The third-order valence-corrected chi connectivity index (χ3v) is 5.66. The van der Waals surface area contributed by atoms with Gasteiger partial charge in [0.25, 0.3) is 0 Å². The van der Waals surface area contributed by atoms with E-state index in [1.807, 2.05) is 18.0 Å². The Labute approximate surface area is 159 Å². The lowest BCUT2D eigenvalue weighted by atomic mass is 9.87. The van der Waals surface area contributed by atoms with Crippen molar-refractivity contribution in [3.05, 3.63) is 52.0 Å².